The average Bonchev–Trinajstić information content (AvgIpc) is 3.11. The third kappa shape index (κ3) is 3.51. The van der Waals surface area contributed by atoms with Crippen LogP contribution in [-0.4, -0.2) is 16.0 Å². The molecule has 0 bridgehead atoms. The highest BCUT2D eigenvalue weighted by Gasteiger charge is 2.10. The van der Waals surface area contributed by atoms with E-state index in [0.29, 0.717) is 29.4 Å². The van der Waals surface area contributed by atoms with Crippen molar-refractivity contribution in [1.29, 1.82) is 0 Å². The zero-order valence-electron chi connectivity index (χ0n) is 13.7. The van der Waals surface area contributed by atoms with Crippen molar-refractivity contribution in [3.8, 4) is 11.5 Å². The topological polar surface area (TPSA) is 68.0 Å². The van der Waals surface area contributed by atoms with Crippen LogP contribution in [0.3, 0.4) is 0 Å². The minimum atomic E-state index is -0.137. The third-order valence-corrected chi connectivity index (χ3v) is 3.75. The lowest BCUT2D eigenvalue weighted by atomic mass is 10.1. The molecule has 0 saturated heterocycles. The molecule has 0 spiro atoms. The number of rotatable bonds is 5. The lowest BCUT2D eigenvalue weighted by Gasteiger charge is -2.07. The van der Waals surface area contributed by atoms with Crippen molar-refractivity contribution in [2.75, 3.05) is 5.32 Å². The standard InChI is InChI=1S/C19H19N3O2/c1-3-13-7-5-8-14(11-13)18(23)20-16-10-6-9-15(12-16)19-21-17(4-2)22-24-19/h5-12H,3-4H2,1-2H3,(H,20,23). The number of amides is 1. The quantitative estimate of drug-likeness (QED) is 0.767. The lowest BCUT2D eigenvalue weighted by molar-refractivity contribution is 0.102. The number of hydrogen-bond donors (Lipinski definition) is 1. The highest BCUT2D eigenvalue weighted by atomic mass is 16.5. The summed E-state index contributed by atoms with van der Waals surface area (Å²) in [6.45, 7) is 4.03. The van der Waals surface area contributed by atoms with Gasteiger partial charge in [0.1, 0.15) is 0 Å². The van der Waals surface area contributed by atoms with E-state index in [0.717, 1.165) is 17.5 Å². The van der Waals surface area contributed by atoms with E-state index in [1.165, 1.54) is 0 Å². The zero-order chi connectivity index (χ0) is 16.9. The molecule has 1 heterocycles. The van der Waals surface area contributed by atoms with Gasteiger partial charge in [-0.1, -0.05) is 37.2 Å². The van der Waals surface area contributed by atoms with E-state index in [1.807, 2.05) is 55.5 Å². The number of nitrogens with zero attached hydrogens (tertiary/aromatic N) is 2. The molecule has 0 aliphatic heterocycles. The first-order valence-electron chi connectivity index (χ1n) is 8.03. The second-order valence-electron chi connectivity index (χ2n) is 5.46. The Morgan fingerprint density at radius 3 is 2.67 bits per heavy atom. The predicted molar refractivity (Wildman–Crippen MR) is 92.9 cm³/mol. The van der Waals surface area contributed by atoms with Gasteiger partial charge in [0.05, 0.1) is 0 Å². The molecule has 0 atom stereocenters. The van der Waals surface area contributed by atoms with Crippen LogP contribution in [0.25, 0.3) is 11.5 Å². The fourth-order valence-corrected chi connectivity index (χ4v) is 2.38. The number of hydrogen-bond acceptors (Lipinski definition) is 4. The van der Waals surface area contributed by atoms with Gasteiger partial charge in [-0.3, -0.25) is 4.79 Å². The molecular formula is C19H19N3O2. The molecule has 3 aromatic rings. The number of benzene rings is 2. The van der Waals surface area contributed by atoms with Gasteiger partial charge in [-0.05, 0) is 42.3 Å². The number of anilines is 1. The molecule has 0 fully saturated rings. The SMILES string of the molecule is CCc1cccc(C(=O)Nc2cccc(-c3nc(CC)no3)c2)c1. The molecule has 2 aromatic carbocycles. The van der Waals surface area contributed by atoms with Crippen LogP contribution in [0.15, 0.2) is 53.1 Å². The van der Waals surface area contributed by atoms with E-state index in [9.17, 15) is 4.79 Å². The Hall–Kier alpha value is -2.95. The van der Waals surface area contributed by atoms with E-state index in [4.69, 9.17) is 4.52 Å². The van der Waals surface area contributed by atoms with Crippen molar-refractivity contribution in [1.82, 2.24) is 10.1 Å². The van der Waals surface area contributed by atoms with Crippen molar-refractivity contribution < 1.29 is 9.32 Å². The van der Waals surface area contributed by atoms with E-state index in [-0.39, 0.29) is 5.91 Å². The van der Waals surface area contributed by atoms with Crippen LogP contribution in [-0.2, 0) is 12.8 Å². The van der Waals surface area contributed by atoms with Crippen LogP contribution in [0, 0.1) is 0 Å². The Balaban J connectivity index is 1.80. The third-order valence-electron chi connectivity index (χ3n) is 3.75. The van der Waals surface area contributed by atoms with Crippen molar-refractivity contribution in [3.05, 3.63) is 65.5 Å². The number of aromatic nitrogens is 2. The maximum absolute atomic E-state index is 12.4. The minimum absolute atomic E-state index is 0.137. The number of carbonyl (C=O) groups is 1. The van der Waals surface area contributed by atoms with Gasteiger partial charge in [0.25, 0.3) is 11.8 Å². The molecule has 3 rings (SSSR count). The molecule has 5 heteroatoms. The van der Waals surface area contributed by atoms with Gasteiger partial charge in [0.15, 0.2) is 5.82 Å². The first-order chi connectivity index (χ1) is 11.7. The number of carbonyl (C=O) groups excluding carboxylic acids is 1. The van der Waals surface area contributed by atoms with E-state index in [1.54, 1.807) is 0 Å². The van der Waals surface area contributed by atoms with Crippen molar-refractivity contribution in [3.63, 3.8) is 0 Å². The van der Waals surface area contributed by atoms with Gasteiger partial charge in [0, 0.05) is 23.2 Å². The van der Waals surface area contributed by atoms with Crippen LogP contribution in [0.2, 0.25) is 0 Å². The Morgan fingerprint density at radius 2 is 1.92 bits per heavy atom. The van der Waals surface area contributed by atoms with E-state index in [2.05, 4.69) is 22.4 Å². The molecule has 122 valence electrons. The van der Waals surface area contributed by atoms with Crippen molar-refractivity contribution in [2.45, 2.75) is 26.7 Å². The lowest BCUT2D eigenvalue weighted by Crippen LogP contribution is -2.12. The normalized spacial score (nSPS) is 10.6. The summed E-state index contributed by atoms with van der Waals surface area (Å²) < 4.78 is 5.24. The maximum atomic E-state index is 12.4. The average molecular weight is 321 g/mol. The van der Waals surface area contributed by atoms with Gasteiger partial charge < -0.3 is 9.84 Å². The molecule has 1 amide bonds. The summed E-state index contributed by atoms with van der Waals surface area (Å²) in [6, 6.07) is 15.0. The van der Waals surface area contributed by atoms with E-state index < -0.39 is 0 Å². The van der Waals surface area contributed by atoms with Crippen LogP contribution in [0.4, 0.5) is 5.69 Å². The van der Waals surface area contributed by atoms with Gasteiger partial charge in [-0.25, -0.2) is 0 Å². The highest BCUT2D eigenvalue weighted by Crippen LogP contribution is 2.21. The second kappa shape index (κ2) is 7.08. The van der Waals surface area contributed by atoms with Gasteiger partial charge in [-0.2, -0.15) is 4.98 Å². The zero-order valence-corrected chi connectivity index (χ0v) is 13.7. The molecule has 0 aliphatic rings. The summed E-state index contributed by atoms with van der Waals surface area (Å²) in [5, 5.41) is 6.81. The summed E-state index contributed by atoms with van der Waals surface area (Å²) in [4.78, 5) is 16.7. The van der Waals surface area contributed by atoms with Crippen LogP contribution in [0.1, 0.15) is 35.6 Å². The number of nitrogens with one attached hydrogen (secondary N) is 1. The van der Waals surface area contributed by atoms with Crippen molar-refractivity contribution in [2.24, 2.45) is 0 Å². The Kier molecular flexibility index (Phi) is 4.70. The van der Waals surface area contributed by atoms with Crippen LogP contribution in [0.5, 0.6) is 0 Å². The Bertz CT molecular complexity index is 855. The summed E-state index contributed by atoms with van der Waals surface area (Å²) in [5.41, 5.74) is 3.25. The summed E-state index contributed by atoms with van der Waals surface area (Å²) in [6.07, 6.45) is 1.61. The molecule has 0 aliphatic carbocycles. The monoisotopic (exact) mass is 321 g/mol. The molecule has 5 nitrogen and oxygen atoms in total. The Morgan fingerprint density at radius 1 is 1.08 bits per heavy atom. The molecular weight excluding hydrogens is 302 g/mol. The van der Waals surface area contributed by atoms with Crippen LogP contribution < -0.4 is 5.32 Å². The molecule has 0 unspecified atom stereocenters. The summed E-state index contributed by atoms with van der Waals surface area (Å²) in [7, 11) is 0. The largest absolute Gasteiger partial charge is 0.334 e. The molecule has 0 saturated carbocycles. The van der Waals surface area contributed by atoms with Gasteiger partial charge in [0.2, 0.25) is 0 Å². The fourth-order valence-electron chi connectivity index (χ4n) is 2.38. The van der Waals surface area contributed by atoms with Gasteiger partial charge in [-0.15, -0.1) is 0 Å². The summed E-state index contributed by atoms with van der Waals surface area (Å²) in [5.74, 6) is 0.981. The smallest absolute Gasteiger partial charge is 0.257 e. The molecule has 24 heavy (non-hydrogen) atoms. The molecule has 0 radical (unpaired) electrons. The summed E-state index contributed by atoms with van der Waals surface area (Å²) >= 11 is 0. The second-order valence-corrected chi connectivity index (χ2v) is 5.46. The Labute approximate surface area is 140 Å². The minimum Gasteiger partial charge on any atom is -0.334 e. The van der Waals surface area contributed by atoms with E-state index >= 15 is 0 Å². The van der Waals surface area contributed by atoms with Gasteiger partial charge >= 0.3 is 0 Å². The predicted octanol–water partition coefficient (Wildman–Crippen LogP) is 4.11. The van der Waals surface area contributed by atoms with Crippen LogP contribution >= 0.6 is 0 Å². The highest BCUT2D eigenvalue weighted by molar-refractivity contribution is 6.04. The maximum Gasteiger partial charge on any atom is 0.257 e. The number of aryl methyl sites for hydroxylation is 2. The fraction of sp³-hybridized carbons (Fsp3) is 0.211. The van der Waals surface area contributed by atoms with Crippen molar-refractivity contribution >= 4 is 11.6 Å². The molecule has 1 aromatic heterocycles. The first kappa shape index (κ1) is 15.9. The molecule has 1 N–H and O–H groups in total. The first-order valence-corrected chi connectivity index (χ1v) is 8.03.